The first-order chi connectivity index (χ1) is 7.90. The number of benzene rings is 1. The van der Waals surface area contributed by atoms with Gasteiger partial charge in [0.05, 0.1) is 20.6 Å². The van der Waals surface area contributed by atoms with Crippen LogP contribution in [0.2, 0.25) is 0 Å². The second kappa shape index (κ2) is 5.07. The lowest BCUT2D eigenvalue weighted by atomic mass is 10.0. The van der Waals surface area contributed by atoms with Gasteiger partial charge in [0.2, 0.25) is 0 Å². The van der Waals surface area contributed by atoms with Crippen LogP contribution in [0.1, 0.15) is 11.1 Å². The molecule has 6 heteroatoms. The van der Waals surface area contributed by atoms with Crippen molar-refractivity contribution in [2.45, 2.75) is 12.6 Å². The molecule has 0 radical (unpaired) electrons. The monoisotopic (exact) mass is 248 g/mol. The van der Waals surface area contributed by atoms with Gasteiger partial charge in [0, 0.05) is 0 Å². The maximum atomic E-state index is 12.8. The maximum Gasteiger partial charge on any atom is 0.420 e. The van der Waals surface area contributed by atoms with Crippen molar-refractivity contribution < 1.29 is 27.4 Å². The topological polar surface area (TPSA) is 35.5 Å². The predicted octanol–water partition coefficient (Wildman–Crippen LogP) is 2.43. The zero-order chi connectivity index (χ0) is 13.1. The second-order valence-electron chi connectivity index (χ2n) is 3.25. The van der Waals surface area contributed by atoms with Crippen molar-refractivity contribution in [2.75, 3.05) is 14.2 Å². The minimum atomic E-state index is -4.57. The van der Waals surface area contributed by atoms with Crippen LogP contribution in [-0.4, -0.2) is 20.2 Å². The molecule has 0 amide bonds. The molecule has 0 heterocycles. The lowest BCUT2D eigenvalue weighted by Crippen LogP contribution is -2.14. The Labute approximate surface area is 96.1 Å². The van der Waals surface area contributed by atoms with Gasteiger partial charge in [-0.3, -0.25) is 4.79 Å². The van der Waals surface area contributed by atoms with E-state index in [4.69, 9.17) is 0 Å². The summed E-state index contributed by atoms with van der Waals surface area (Å²) in [5.74, 6) is -1.04. The number of alkyl halides is 3. The quantitative estimate of drug-likeness (QED) is 0.771. The molecule has 17 heavy (non-hydrogen) atoms. The minimum absolute atomic E-state index is 0.163. The molecule has 0 aliphatic rings. The molecular formula is C11H11F3O3. The first-order valence-corrected chi connectivity index (χ1v) is 4.70. The SMILES string of the molecule is COC(=O)Cc1cccc(OC)c1C(F)(F)F. The third-order valence-corrected chi connectivity index (χ3v) is 2.18. The highest BCUT2D eigenvalue weighted by atomic mass is 19.4. The van der Waals surface area contributed by atoms with Gasteiger partial charge in [-0.15, -0.1) is 0 Å². The summed E-state index contributed by atoms with van der Waals surface area (Å²) in [6, 6.07) is 3.82. The molecule has 0 unspecified atom stereocenters. The number of carbonyl (C=O) groups excluding carboxylic acids is 1. The van der Waals surface area contributed by atoms with E-state index in [0.29, 0.717) is 0 Å². The fourth-order valence-electron chi connectivity index (χ4n) is 1.44. The summed E-state index contributed by atoms with van der Waals surface area (Å²) in [5.41, 5.74) is -1.10. The van der Waals surface area contributed by atoms with E-state index in [9.17, 15) is 18.0 Å². The van der Waals surface area contributed by atoms with Gasteiger partial charge in [-0.1, -0.05) is 12.1 Å². The molecule has 1 aromatic carbocycles. The van der Waals surface area contributed by atoms with Crippen molar-refractivity contribution in [3.05, 3.63) is 29.3 Å². The van der Waals surface area contributed by atoms with Crippen molar-refractivity contribution in [3.63, 3.8) is 0 Å². The smallest absolute Gasteiger partial charge is 0.420 e. The maximum absolute atomic E-state index is 12.8. The predicted molar refractivity (Wildman–Crippen MR) is 53.7 cm³/mol. The molecule has 0 saturated carbocycles. The number of rotatable bonds is 3. The Morgan fingerprint density at radius 3 is 2.41 bits per heavy atom. The summed E-state index contributed by atoms with van der Waals surface area (Å²) in [7, 11) is 2.27. The van der Waals surface area contributed by atoms with Gasteiger partial charge in [0.15, 0.2) is 0 Å². The van der Waals surface area contributed by atoms with E-state index in [0.717, 1.165) is 14.2 Å². The Bertz CT molecular complexity index is 413. The molecular weight excluding hydrogens is 237 g/mol. The molecule has 0 bridgehead atoms. The van der Waals surface area contributed by atoms with Crippen molar-refractivity contribution in [3.8, 4) is 5.75 Å². The normalized spacial score (nSPS) is 11.1. The summed E-state index contributed by atoms with van der Waals surface area (Å²) in [5, 5.41) is 0. The van der Waals surface area contributed by atoms with E-state index in [2.05, 4.69) is 9.47 Å². The van der Waals surface area contributed by atoms with E-state index in [1.165, 1.54) is 18.2 Å². The Morgan fingerprint density at radius 1 is 1.29 bits per heavy atom. The molecule has 0 N–H and O–H groups in total. The van der Waals surface area contributed by atoms with E-state index in [-0.39, 0.29) is 11.3 Å². The van der Waals surface area contributed by atoms with Crippen molar-refractivity contribution in [1.82, 2.24) is 0 Å². The van der Waals surface area contributed by atoms with Crippen molar-refractivity contribution >= 4 is 5.97 Å². The lowest BCUT2D eigenvalue weighted by molar-refractivity contribution is -0.142. The summed E-state index contributed by atoms with van der Waals surface area (Å²) in [6.45, 7) is 0. The van der Waals surface area contributed by atoms with Gasteiger partial charge >= 0.3 is 12.1 Å². The zero-order valence-electron chi connectivity index (χ0n) is 9.30. The van der Waals surface area contributed by atoms with E-state index >= 15 is 0 Å². The molecule has 0 fully saturated rings. The Kier molecular flexibility index (Phi) is 3.98. The standard InChI is InChI=1S/C11H11F3O3/c1-16-8-5-3-4-7(6-9(15)17-2)10(8)11(12,13)14/h3-5H,6H2,1-2H3. The van der Waals surface area contributed by atoms with Gasteiger partial charge in [-0.05, 0) is 11.6 Å². The van der Waals surface area contributed by atoms with E-state index in [1.54, 1.807) is 0 Å². The van der Waals surface area contributed by atoms with Crippen molar-refractivity contribution in [2.24, 2.45) is 0 Å². The first kappa shape index (κ1) is 13.3. The van der Waals surface area contributed by atoms with Crippen LogP contribution in [0.3, 0.4) is 0 Å². The van der Waals surface area contributed by atoms with Crippen LogP contribution < -0.4 is 4.74 Å². The Hall–Kier alpha value is -1.72. The van der Waals surface area contributed by atoms with Crippen LogP contribution in [0.5, 0.6) is 5.75 Å². The summed E-state index contributed by atoms with van der Waals surface area (Å²) in [4.78, 5) is 11.0. The molecule has 0 atom stereocenters. The highest BCUT2D eigenvalue weighted by Gasteiger charge is 2.37. The average Bonchev–Trinajstić information content (AvgIpc) is 2.26. The summed E-state index contributed by atoms with van der Waals surface area (Å²) < 4.78 is 47.5. The lowest BCUT2D eigenvalue weighted by Gasteiger charge is -2.15. The Morgan fingerprint density at radius 2 is 1.94 bits per heavy atom. The first-order valence-electron chi connectivity index (χ1n) is 4.70. The minimum Gasteiger partial charge on any atom is -0.496 e. The number of methoxy groups -OCH3 is 2. The molecule has 0 aliphatic carbocycles. The van der Waals surface area contributed by atoms with E-state index < -0.39 is 24.1 Å². The average molecular weight is 248 g/mol. The van der Waals surface area contributed by atoms with Crippen LogP contribution in [0, 0.1) is 0 Å². The molecule has 1 aromatic rings. The number of hydrogen-bond acceptors (Lipinski definition) is 3. The number of carbonyl (C=O) groups is 1. The van der Waals surface area contributed by atoms with E-state index in [1.807, 2.05) is 0 Å². The highest BCUT2D eigenvalue weighted by Crippen LogP contribution is 2.38. The second-order valence-corrected chi connectivity index (χ2v) is 3.25. The number of hydrogen-bond donors (Lipinski definition) is 0. The molecule has 0 aliphatic heterocycles. The van der Waals surface area contributed by atoms with Gasteiger partial charge in [0.1, 0.15) is 11.3 Å². The van der Waals surface area contributed by atoms with Crippen LogP contribution in [0.4, 0.5) is 13.2 Å². The number of ether oxygens (including phenoxy) is 2. The molecule has 1 rings (SSSR count). The molecule has 0 spiro atoms. The molecule has 0 aromatic heterocycles. The fourth-order valence-corrected chi connectivity index (χ4v) is 1.44. The third-order valence-electron chi connectivity index (χ3n) is 2.18. The van der Waals surface area contributed by atoms with Gasteiger partial charge < -0.3 is 9.47 Å². The summed E-state index contributed by atoms with van der Waals surface area (Å²) in [6.07, 6.45) is -5.02. The number of esters is 1. The zero-order valence-corrected chi connectivity index (χ0v) is 9.30. The van der Waals surface area contributed by atoms with Crippen LogP contribution in [0.15, 0.2) is 18.2 Å². The third kappa shape index (κ3) is 3.12. The molecule has 0 saturated heterocycles. The fraction of sp³-hybridized carbons (Fsp3) is 0.364. The van der Waals surface area contributed by atoms with Crippen LogP contribution >= 0.6 is 0 Å². The van der Waals surface area contributed by atoms with Gasteiger partial charge in [-0.2, -0.15) is 13.2 Å². The van der Waals surface area contributed by atoms with Crippen LogP contribution in [0.25, 0.3) is 0 Å². The van der Waals surface area contributed by atoms with Crippen molar-refractivity contribution in [1.29, 1.82) is 0 Å². The van der Waals surface area contributed by atoms with Gasteiger partial charge in [-0.25, -0.2) is 0 Å². The molecule has 3 nitrogen and oxygen atoms in total. The number of halogens is 3. The van der Waals surface area contributed by atoms with Gasteiger partial charge in [0.25, 0.3) is 0 Å². The largest absolute Gasteiger partial charge is 0.496 e. The van der Waals surface area contributed by atoms with Crippen LogP contribution in [-0.2, 0) is 22.1 Å². The summed E-state index contributed by atoms with van der Waals surface area (Å²) >= 11 is 0. The molecule has 94 valence electrons. The Balaban J connectivity index is 3.25. The highest BCUT2D eigenvalue weighted by molar-refractivity contribution is 5.73.